The summed E-state index contributed by atoms with van der Waals surface area (Å²) in [4.78, 5) is 10.3. The molecule has 4 N–H and O–H groups in total. The van der Waals surface area contributed by atoms with Crippen molar-refractivity contribution < 1.29 is 23.1 Å². The Labute approximate surface area is 88.9 Å². The summed E-state index contributed by atoms with van der Waals surface area (Å²) in [5.41, 5.74) is 4.65. The fourth-order valence-electron chi connectivity index (χ4n) is 0.992. The highest BCUT2D eigenvalue weighted by Crippen LogP contribution is 2.18. The molecule has 1 aromatic carbocycles. The van der Waals surface area contributed by atoms with Gasteiger partial charge in [0, 0.05) is 18.7 Å². The van der Waals surface area contributed by atoms with Crippen molar-refractivity contribution in [3.63, 3.8) is 0 Å². The van der Waals surface area contributed by atoms with E-state index in [2.05, 4.69) is 5.32 Å². The molecule has 1 rings (SSSR count). The average molecular weight is 234 g/mol. The summed E-state index contributed by atoms with van der Waals surface area (Å²) >= 11 is 0. The van der Waals surface area contributed by atoms with Crippen molar-refractivity contribution in [3.8, 4) is 0 Å². The monoisotopic (exact) mass is 234 g/mol. The average Bonchev–Trinajstić information content (AvgIpc) is 2.20. The van der Waals surface area contributed by atoms with Gasteiger partial charge in [0.25, 0.3) is 0 Å². The van der Waals surface area contributed by atoms with Crippen molar-refractivity contribution in [1.82, 2.24) is 0 Å². The molecule has 16 heavy (non-hydrogen) atoms. The molecule has 0 saturated heterocycles. The summed E-state index contributed by atoms with van der Waals surface area (Å²) in [5, 5.41) is 10.6. The van der Waals surface area contributed by atoms with Crippen LogP contribution in [-0.2, 0) is 4.79 Å². The van der Waals surface area contributed by atoms with Crippen LogP contribution in [0.1, 0.15) is 0 Å². The Morgan fingerprint density at radius 2 is 2.06 bits per heavy atom. The quantitative estimate of drug-likeness (QED) is 0.677. The van der Waals surface area contributed by atoms with Crippen LogP contribution in [0.4, 0.5) is 18.9 Å². The molecule has 0 aromatic heterocycles. The number of carboxylic acids is 1. The first-order chi connectivity index (χ1) is 7.41. The van der Waals surface area contributed by atoms with Gasteiger partial charge in [-0.05, 0) is 0 Å². The number of nitrogens with two attached hydrogens (primary N) is 1. The van der Waals surface area contributed by atoms with E-state index in [0.29, 0.717) is 12.1 Å². The molecule has 0 heterocycles. The van der Waals surface area contributed by atoms with E-state index in [9.17, 15) is 18.0 Å². The number of benzene rings is 1. The van der Waals surface area contributed by atoms with Crippen LogP contribution in [0.3, 0.4) is 0 Å². The Morgan fingerprint density at radius 1 is 1.44 bits per heavy atom. The molecule has 1 aromatic rings. The highest BCUT2D eigenvalue weighted by molar-refractivity contribution is 5.74. The second kappa shape index (κ2) is 4.84. The molecule has 0 fully saturated rings. The molecule has 0 amide bonds. The minimum absolute atomic E-state index is 0.338. The fraction of sp³-hybridized carbons (Fsp3) is 0.222. The van der Waals surface area contributed by atoms with Gasteiger partial charge < -0.3 is 16.2 Å². The highest BCUT2D eigenvalue weighted by Gasteiger charge is 2.14. The summed E-state index contributed by atoms with van der Waals surface area (Å²) in [5.74, 6) is -4.90. The third kappa shape index (κ3) is 2.86. The van der Waals surface area contributed by atoms with E-state index >= 15 is 0 Å². The lowest BCUT2D eigenvalue weighted by molar-refractivity contribution is -0.138. The molecular weight excluding hydrogens is 225 g/mol. The maximum absolute atomic E-state index is 13.0. The molecule has 0 aliphatic heterocycles. The lowest BCUT2D eigenvalue weighted by Crippen LogP contribution is -2.37. The summed E-state index contributed by atoms with van der Waals surface area (Å²) < 4.78 is 38.5. The first-order valence-corrected chi connectivity index (χ1v) is 4.28. The molecule has 1 atom stereocenters. The van der Waals surface area contributed by atoms with Crippen LogP contribution in [0.5, 0.6) is 0 Å². The Balaban J connectivity index is 2.78. The van der Waals surface area contributed by atoms with Gasteiger partial charge in [-0.15, -0.1) is 0 Å². The normalized spacial score (nSPS) is 12.2. The molecule has 4 nitrogen and oxygen atoms in total. The molecule has 88 valence electrons. The van der Waals surface area contributed by atoms with Gasteiger partial charge in [-0.25, -0.2) is 13.2 Å². The summed E-state index contributed by atoms with van der Waals surface area (Å²) in [7, 11) is 0. The summed E-state index contributed by atoms with van der Waals surface area (Å²) in [6.45, 7) is -0.338. The number of nitrogens with one attached hydrogen (secondary N) is 1. The van der Waals surface area contributed by atoms with Crippen molar-refractivity contribution in [3.05, 3.63) is 29.6 Å². The summed E-state index contributed by atoms with van der Waals surface area (Å²) in [6.07, 6.45) is 0. The maximum Gasteiger partial charge on any atom is 0.322 e. The molecule has 0 saturated carbocycles. The van der Waals surface area contributed by atoms with Crippen LogP contribution in [-0.4, -0.2) is 23.7 Å². The van der Waals surface area contributed by atoms with Crippen LogP contribution >= 0.6 is 0 Å². The lowest BCUT2D eigenvalue weighted by Gasteiger charge is -2.10. The number of carbonyl (C=O) groups is 1. The van der Waals surface area contributed by atoms with Crippen LogP contribution in [0, 0.1) is 17.5 Å². The number of rotatable bonds is 4. The van der Waals surface area contributed by atoms with Gasteiger partial charge in [-0.3, -0.25) is 4.79 Å². The Morgan fingerprint density at radius 3 is 2.62 bits per heavy atom. The SMILES string of the molecule is NC(CNc1cc(F)cc(F)c1F)C(=O)O. The van der Waals surface area contributed by atoms with Crippen molar-refractivity contribution in [1.29, 1.82) is 0 Å². The lowest BCUT2D eigenvalue weighted by atomic mass is 10.2. The molecule has 7 heteroatoms. The number of anilines is 1. The molecule has 0 bridgehead atoms. The van der Waals surface area contributed by atoms with Gasteiger partial charge in [0.05, 0.1) is 5.69 Å². The first kappa shape index (κ1) is 12.3. The smallest absolute Gasteiger partial charge is 0.322 e. The third-order valence-electron chi connectivity index (χ3n) is 1.82. The zero-order valence-electron chi connectivity index (χ0n) is 8.01. The standard InChI is InChI=1S/C9H9F3N2O2/c10-4-1-5(11)8(12)7(2-4)14-3-6(13)9(15)16/h1-2,6,14H,3,13H2,(H,15,16). The Hall–Kier alpha value is -1.76. The number of hydrogen-bond donors (Lipinski definition) is 3. The number of carboxylic acid groups (broad SMARTS) is 1. The minimum Gasteiger partial charge on any atom is -0.480 e. The van der Waals surface area contributed by atoms with Gasteiger partial charge in [-0.1, -0.05) is 0 Å². The van der Waals surface area contributed by atoms with E-state index in [1.165, 1.54) is 0 Å². The molecule has 0 spiro atoms. The van der Waals surface area contributed by atoms with Crippen LogP contribution in [0.2, 0.25) is 0 Å². The fourth-order valence-corrected chi connectivity index (χ4v) is 0.992. The molecule has 0 aliphatic carbocycles. The van der Waals surface area contributed by atoms with E-state index in [1.807, 2.05) is 0 Å². The topological polar surface area (TPSA) is 75.3 Å². The van der Waals surface area contributed by atoms with Gasteiger partial charge in [0.2, 0.25) is 0 Å². The van der Waals surface area contributed by atoms with Crippen LogP contribution < -0.4 is 11.1 Å². The van der Waals surface area contributed by atoms with Crippen molar-refractivity contribution in [2.45, 2.75) is 6.04 Å². The minimum atomic E-state index is -1.36. The maximum atomic E-state index is 13.0. The Bertz CT molecular complexity index is 412. The van der Waals surface area contributed by atoms with E-state index in [0.717, 1.165) is 0 Å². The highest BCUT2D eigenvalue weighted by atomic mass is 19.2. The molecule has 0 radical (unpaired) electrons. The zero-order chi connectivity index (χ0) is 12.3. The van der Waals surface area contributed by atoms with Gasteiger partial charge >= 0.3 is 5.97 Å². The number of halogens is 3. The van der Waals surface area contributed by atoms with Gasteiger partial charge in [0.15, 0.2) is 11.6 Å². The zero-order valence-corrected chi connectivity index (χ0v) is 8.01. The van der Waals surface area contributed by atoms with E-state index in [4.69, 9.17) is 10.8 Å². The van der Waals surface area contributed by atoms with Gasteiger partial charge in [-0.2, -0.15) is 0 Å². The van der Waals surface area contributed by atoms with Crippen molar-refractivity contribution in [2.24, 2.45) is 5.73 Å². The first-order valence-electron chi connectivity index (χ1n) is 4.28. The largest absolute Gasteiger partial charge is 0.480 e. The van der Waals surface area contributed by atoms with Crippen molar-refractivity contribution >= 4 is 11.7 Å². The molecular formula is C9H9F3N2O2. The predicted molar refractivity (Wildman–Crippen MR) is 50.4 cm³/mol. The second-order valence-electron chi connectivity index (χ2n) is 3.07. The second-order valence-corrected chi connectivity index (χ2v) is 3.07. The molecule has 0 aliphatic rings. The Kier molecular flexibility index (Phi) is 3.73. The van der Waals surface area contributed by atoms with Crippen LogP contribution in [0.15, 0.2) is 12.1 Å². The van der Waals surface area contributed by atoms with E-state index in [1.54, 1.807) is 0 Å². The number of aliphatic carboxylic acids is 1. The summed E-state index contributed by atoms with van der Waals surface area (Å²) in [6, 6.07) is -0.185. The third-order valence-corrected chi connectivity index (χ3v) is 1.82. The molecule has 1 unspecified atom stereocenters. The van der Waals surface area contributed by atoms with E-state index in [-0.39, 0.29) is 6.54 Å². The predicted octanol–water partition coefficient (Wildman–Crippen LogP) is 0.928. The van der Waals surface area contributed by atoms with Gasteiger partial charge in [0.1, 0.15) is 11.9 Å². The number of hydrogen-bond acceptors (Lipinski definition) is 3. The van der Waals surface area contributed by atoms with Crippen molar-refractivity contribution in [2.75, 3.05) is 11.9 Å². The van der Waals surface area contributed by atoms with Crippen LogP contribution in [0.25, 0.3) is 0 Å². The van der Waals surface area contributed by atoms with E-state index < -0.39 is 35.2 Å².